The van der Waals surface area contributed by atoms with E-state index in [1.165, 1.54) is 0 Å². The van der Waals surface area contributed by atoms with Gasteiger partial charge in [-0.1, -0.05) is 19.2 Å². The first-order valence-corrected chi connectivity index (χ1v) is 3.57. The Balaban J connectivity index is 2.82. The van der Waals surface area contributed by atoms with Crippen LogP contribution in [0.15, 0.2) is 36.6 Å². The lowest BCUT2D eigenvalue weighted by atomic mass is 10.2. The average molecular weight is 151 g/mol. The molecule has 1 aliphatic rings. The van der Waals surface area contributed by atoms with E-state index in [1.54, 1.807) is 6.08 Å². The van der Waals surface area contributed by atoms with E-state index < -0.39 is 0 Å². The first kappa shape index (κ1) is 8.08. The molecule has 0 radical (unpaired) electrons. The highest BCUT2D eigenvalue weighted by Crippen LogP contribution is 2.15. The van der Waals surface area contributed by atoms with Crippen LogP contribution in [0, 0.1) is 0 Å². The van der Waals surface area contributed by atoms with Crippen LogP contribution in [0.2, 0.25) is 0 Å². The van der Waals surface area contributed by atoms with Gasteiger partial charge in [0.25, 0.3) is 0 Å². The Labute approximate surface area is 67.5 Å². The summed E-state index contributed by atoms with van der Waals surface area (Å²) in [6.07, 6.45) is 3.54. The molecule has 0 amide bonds. The van der Waals surface area contributed by atoms with Gasteiger partial charge in [0.05, 0.1) is 0 Å². The number of rotatable bonds is 2. The monoisotopic (exact) mass is 151 g/mol. The van der Waals surface area contributed by atoms with Crippen molar-refractivity contribution >= 4 is 0 Å². The molecule has 0 aromatic heterocycles. The summed E-state index contributed by atoms with van der Waals surface area (Å²) in [5, 5.41) is 0. The van der Waals surface area contributed by atoms with Crippen molar-refractivity contribution in [1.82, 2.24) is 4.90 Å². The molecule has 0 saturated carbocycles. The summed E-state index contributed by atoms with van der Waals surface area (Å²) in [5.41, 5.74) is 1.11. The fourth-order valence-electron chi connectivity index (χ4n) is 1.04. The molecule has 0 aromatic carbocycles. The van der Waals surface area contributed by atoms with Gasteiger partial charge in [-0.3, -0.25) is 4.90 Å². The standard InChI is InChI=1S/C9H13NO/c1-4-8-6-10(3)7-11-9(8)5-2/h4-5H,1-2,6-7H2,3H3. The third kappa shape index (κ3) is 1.71. The third-order valence-electron chi connectivity index (χ3n) is 1.63. The van der Waals surface area contributed by atoms with E-state index in [0.29, 0.717) is 6.73 Å². The topological polar surface area (TPSA) is 12.5 Å². The summed E-state index contributed by atoms with van der Waals surface area (Å²) in [6.45, 7) is 8.89. The number of hydrogen-bond donors (Lipinski definition) is 0. The molecule has 1 aliphatic heterocycles. The van der Waals surface area contributed by atoms with E-state index in [4.69, 9.17) is 4.74 Å². The second-order valence-electron chi connectivity index (χ2n) is 2.59. The maximum atomic E-state index is 5.36. The van der Waals surface area contributed by atoms with Crippen LogP contribution in [0.1, 0.15) is 0 Å². The highest BCUT2D eigenvalue weighted by Gasteiger charge is 2.11. The summed E-state index contributed by atoms with van der Waals surface area (Å²) in [6, 6.07) is 0. The zero-order valence-corrected chi connectivity index (χ0v) is 6.84. The van der Waals surface area contributed by atoms with Crippen molar-refractivity contribution in [3.63, 3.8) is 0 Å². The third-order valence-corrected chi connectivity index (χ3v) is 1.63. The first-order chi connectivity index (χ1) is 5.27. The van der Waals surface area contributed by atoms with Gasteiger partial charge in [0.2, 0.25) is 0 Å². The van der Waals surface area contributed by atoms with E-state index in [9.17, 15) is 0 Å². The predicted molar refractivity (Wildman–Crippen MR) is 46.0 cm³/mol. The number of allylic oxidation sites excluding steroid dienone is 1. The van der Waals surface area contributed by atoms with Gasteiger partial charge >= 0.3 is 0 Å². The molecule has 0 fully saturated rings. The lowest BCUT2D eigenvalue weighted by Crippen LogP contribution is -2.28. The van der Waals surface area contributed by atoms with Gasteiger partial charge < -0.3 is 4.74 Å². The summed E-state index contributed by atoms with van der Waals surface area (Å²) in [5.74, 6) is 0.859. The molecule has 1 heterocycles. The summed E-state index contributed by atoms with van der Waals surface area (Å²) >= 11 is 0. The molecule has 0 N–H and O–H groups in total. The molecule has 11 heavy (non-hydrogen) atoms. The zero-order chi connectivity index (χ0) is 8.27. The van der Waals surface area contributed by atoms with Gasteiger partial charge in [0, 0.05) is 12.1 Å². The van der Waals surface area contributed by atoms with Crippen LogP contribution in [0.3, 0.4) is 0 Å². The molecule has 2 nitrogen and oxygen atoms in total. The van der Waals surface area contributed by atoms with Crippen LogP contribution >= 0.6 is 0 Å². The molecule has 1 rings (SSSR count). The fourth-order valence-corrected chi connectivity index (χ4v) is 1.04. The first-order valence-electron chi connectivity index (χ1n) is 3.57. The Morgan fingerprint density at radius 2 is 2.18 bits per heavy atom. The molecular weight excluding hydrogens is 138 g/mol. The van der Waals surface area contributed by atoms with Crippen molar-refractivity contribution in [2.75, 3.05) is 20.3 Å². The van der Waals surface area contributed by atoms with Gasteiger partial charge in [-0.05, 0) is 13.1 Å². The minimum atomic E-state index is 0.638. The quantitative estimate of drug-likeness (QED) is 0.593. The number of likely N-dealkylation sites (N-methyl/N-ethyl adjacent to an activating group) is 1. The zero-order valence-electron chi connectivity index (χ0n) is 6.84. The Hall–Kier alpha value is -1.02. The van der Waals surface area contributed by atoms with Crippen molar-refractivity contribution in [2.24, 2.45) is 0 Å². The van der Waals surface area contributed by atoms with Crippen LogP contribution in [0.5, 0.6) is 0 Å². The number of hydrogen-bond acceptors (Lipinski definition) is 2. The maximum absolute atomic E-state index is 5.36. The van der Waals surface area contributed by atoms with Gasteiger partial charge in [-0.2, -0.15) is 0 Å². The summed E-state index contributed by atoms with van der Waals surface area (Å²) in [4.78, 5) is 2.07. The molecule has 0 aliphatic carbocycles. The van der Waals surface area contributed by atoms with Crippen LogP contribution in [-0.2, 0) is 4.74 Å². The Morgan fingerprint density at radius 3 is 2.73 bits per heavy atom. The van der Waals surface area contributed by atoms with Gasteiger partial charge in [0.1, 0.15) is 12.5 Å². The second kappa shape index (κ2) is 3.39. The van der Waals surface area contributed by atoms with E-state index >= 15 is 0 Å². The molecule has 0 spiro atoms. The smallest absolute Gasteiger partial charge is 0.142 e. The minimum absolute atomic E-state index is 0.638. The van der Waals surface area contributed by atoms with Gasteiger partial charge in [-0.15, -0.1) is 0 Å². The molecule has 0 atom stereocenters. The Bertz CT molecular complexity index is 206. The molecule has 0 aromatic rings. The molecule has 0 saturated heterocycles. The van der Waals surface area contributed by atoms with Gasteiger partial charge in [0.15, 0.2) is 0 Å². The SMILES string of the molecule is C=CC1=C(C=C)OCN(C)C1. The normalized spacial score (nSPS) is 19.4. The van der Waals surface area contributed by atoms with E-state index in [0.717, 1.165) is 17.9 Å². The Morgan fingerprint density at radius 1 is 1.45 bits per heavy atom. The number of nitrogens with zero attached hydrogens (tertiary/aromatic N) is 1. The van der Waals surface area contributed by atoms with Crippen LogP contribution in [0.25, 0.3) is 0 Å². The lowest BCUT2D eigenvalue weighted by molar-refractivity contribution is 0.0843. The number of ether oxygens (including phenoxy) is 1. The van der Waals surface area contributed by atoms with E-state index in [1.807, 2.05) is 13.1 Å². The largest absolute Gasteiger partial charge is 0.478 e. The van der Waals surface area contributed by atoms with Crippen LogP contribution in [-0.4, -0.2) is 25.2 Å². The average Bonchev–Trinajstić information content (AvgIpc) is 2.04. The fraction of sp³-hybridized carbons (Fsp3) is 0.333. The molecule has 0 bridgehead atoms. The van der Waals surface area contributed by atoms with Crippen molar-refractivity contribution < 1.29 is 4.74 Å². The summed E-state index contributed by atoms with van der Waals surface area (Å²) in [7, 11) is 2.00. The van der Waals surface area contributed by atoms with E-state index in [-0.39, 0.29) is 0 Å². The van der Waals surface area contributed by atoms with Gasteiger partial charge in [-0.25, -0.2) is 0 Å². The highest BCUT2D eigenvalue weighted by atomic mass is 16.5. The second-order valence-corrected chi connectivity index (χ2v) is 2.59. The highest BCUT2D eigenvalue weighted by molar-refractivity contribution is 5.29. The van der Waals surface area contributed by atoms with Crippen molar-refractivity contribution in [3.8, 4) is 0 Å². The molecule has 60 valence electrons. The van der Waals surface area contributed by atoms with Crippen molar-refractivity contribution in [1.29, 1.82) is 0 Å². The Kier molecular flexibility index (Phi) is 2.49. The lowest BCUT2D eigenvalue weighted by Gasteiger charge is -2.25. The molecular formula is C9H13NO. The van der Waals surface area contributed by atoms with Crippen molar-refractivity contribution in [2.45, 2.75) is 0 Å². The van der Waals surface area contributed by atoms with Crippen molar-refractivity contribution in [3.05, 3.63) is 36.6 Å². The summed E-state index contributed by atoms with van der Waals surface area (Å²) < 4.78 is 5.36. The molecule has 0 unspecified atom stereocenters. The van der Waals surface area contributed by atoms with E-state index in [2.05, 4.69) is 18.1 Å². The van der Waals surface area contributed by atoms with Crippen LogP contribution in [0.4, 0.5) is 0 Å². The maximum Gasteiger partial charge on any atom is 0.142 e. The minimum Gasteiger partial charge on any atom is -0.478 e. The van der Waals surface area contributed by atoms with Crippen LogP contribution < -0.4 is 0 Å². The molecule has 2 heteroatoms. The predicted octanol–water partition coefficient (Wildman–Crippen LogP) is 1.53.